The quantitative estimate of drug-likeness (QED) is 0.925. The molecule has 5 heteroatoms. The predicted molar refractivity (Wildman–Crippen MR) is 78.3 cm³/mol. The van der Waals surface area contributed by atoms with Gasteiger partial charge in [-0.2, -0.15) is 5.10 Å². The fourth-order valence-electron chi connectivity index (χ4n) is 2.76. The molecule has 0 amide bonds. The molecule has 0 radical (unpaired) electrons. The van der Waals surface area contributed by atoms with Gasteiger partial charge in [-0.05, 0) is 57.8 Å². The van der Waals surface area contributed by atoms with E-state index < -0.39 is 0 Å². The summed E-state index contributed by atoms with van der Waals surface area (Å²) in [5.74, 6) is 0.702. The molecule has 1 saturated heterocycles. The molecule has 1 aliphatic heterocycles. The van der Waals surface area contributed by atoms with E-state index in [1.54, 1.807) is 6.33 Å². The molecule has 3 rings (SSSR count). The van der Waals surface area contributed by atoms with Gasteiger partial charge in [0.05, 0.1) is 11.4 Å². The average molecular weight is 271 g/mol. The van der Waals surface area contributed by atoms with Gasteiger partial charge in [0, 0.05) is 17.9 Å². The molecule has 20 heavy (non-hydrogen) atoms. The summed E-state index contributed by atoms with van der Waals surface area (Å²) in [6, 6.07) is 4.45. The van der Waals surface area contributed by atoms with Crippen LogP contribution in [-0.4, -0.2) is 32.8 Å². The Morgan fingerprint density at radius 1 is 1.40 bits per heavy atom. The SMILES string of the molecule is CC(C)n1nccc1-c1cc(C[C@H]2CCNC2)ncn1. The molecule has 2 aromatic heterocycles. The van der Waals surface area contributed by atoms with Gasteiger partial charge in [0.1, 0.15) is 6.33 Å². The van der Waals surface area contributed by atoms with Crippen LogP contribution in [0.3, 0.4) is 0 Å². The van der Waals surface area contributed by atoms with Crippen molar-refractivity contribution in [3.8, 4) is 11.4 Å². The van der Waals surface area contributed by atoms with E-state index in [2.05, 4.69) is 40.3 Å². The van der Waals surface area contributed by atoms with E-state index in [0.29, 0.717) is 12.0 Å². The summed E-state index contributed by atoms with van der Waals surface area (Å²) < 4.78 is 2.00. The number of nitrogens with zero attached hydrogens (tertiary/aromatic N) is 4. The number of hydrogen-bond acceptors (Lipinski definition) is 4. The van der Waals surface area contributed by atoms with Crippen molar-refractivity contribution < 1.29 is 0 Å². The Hall–Kier alpha value is -1.75. The minimum atomic E-state index is 0.331. The maximum atomic E-state index is 4.42. The summed E-state index contributed by atoms with van der Waals surface area (Å²) >= 11 is 0. The lowest BCUT2D eigenvalue weighted by Crippen LogP contribution is -2.11. The largest absolute Gasteiger partial charge is 0.316 e. The van der Waals surface area contributed by atoms with Gasteiger partial charge in [0.2, 0.25) is 0 Å². The van der Waals surface area contributed by atoms with Crippen molar-refractivity contribution in [1.29, 1.82) is 0 Å². The second kappa shape index (κ2) is 5.71. The summed E-state index contributed by atoms with van der Waals surface area (Å²) in [5.41, 5.74) is 3.15. The minimum Gasteiger partial charge on any atom is -0.316 e. The number of hydrogen-bond donors (Lipinski definition) is 1. The van der Waals surface area contributed by atoms with Crippen molar-refractivity contribution in [3.63, 3.8) is 0 Å². The molecule has 0 saturated carbocycles. The Balaban J connectivity index is 1.84. The van der Waals surface area contributed by atoms with Crippen molar-refractivity contribution in [3.05, 3.63) is 30.4 Å². The first-order valence-electron chi connectivity index (χ1n) is 7.29. The first-order valence-corrected chi connectivity index (χ1v) is 7.29. The summed E-state index contributed by atoms with van der Waals surface area (Å²) in [5, 5.41) is 7.77. The van der Waals surface area contributed by atoms with E-state index in [0.717, 1.165) is 36.6 Å². The van der Waals surface area contributed by atoms with Gasteiger partial charge in [-0.15, -0.1) is 0 Å². The van der Waals surface area contributed by atoms with E-state index >= 15 is 0 Å². The Morgan fingerprint density at radius 2 is 2.30 bits per heavy atom. The summed E-state index contributed by atoms with van der Waals surface area (Å²) in [6.07, 6.45) is 5.77. The summed E-state index contributed by atoms with van der Waals surface area (Å²) in [4.78, 5) is 8.83. The van der Waals surface area contributed by atoms with Crippen LogP contribution in [0.5, 0.6) is 0 Å². The molecule has 1 aliphatic rings. The smallest absolute Gasteiger partial charge is 0.116 e. The molecule has 0 aliphatic carbocycles. The second-order valence-corrected chi connectivity index (χ2v) is 5.71. The van der Waals surface area contributed by atoms with Crippen LogP contribution in [0.1, 0.15) is 32.0 Å². The molecule has 0 unspecified atom stereocenters. The van der Waals surface area contributed by atoms with Gasteiger partial charge in [-0.25, -0.2) is 9.97 Å². The van der Waals surface area contributed by atoms with Gasteiger partial charge in [-0.3, -0.25) is 4.68 Å². The maximum Gasteiger partial charge on any atom is 0.116 e. The third-order valence-electron chi connectivity index (χ3n) is 3.81. The van der Waals surface area contributed by atoms with Crippen LogP contribution < -0.4 is 5.32 Å². The standard InChI is InChI=1S/C15H21N5/c1-11(2)20-15(4-6-19-20)14-8-13(17-10-18-14)7-12-3-5-16-9-12/h4,6,8,10-12,16H,3,5,7,9H2,1-2H3/t12-/m1/s1. The summed E-state index contributed by atoms with van der Waals surface area (Å²) in [7, 11) is 0. The van der Waals surface area contributed by atoms with Gasteiger partial charge >= 0.3 is 0 Å². The molecule has 2 aromatic rings. The monoisotopic (exact) mass is 271 g/mol. The molecule has 1 fully saturated rings. The van der Waals surface area contributed by atoms with E-state index in [4.69, 9.17) is 0 Å². The molecule has 106 valence electrons. The van der Waals surface area contributed by atoms with Crippen LogP contribution in [0.15, 0.2) is 24.7 Å². The minimum absolute atomic E-state index is 0.331. The topological polar surface area (TPSA) is 55.6 Å². The third-order valence-corrected chi connectivity index (χ3v) is 3.81. The average Bonchev–Trinajstić information content (AvgIpc) is 3.09. The first-order chi connectivity index (χ1) is 9.74. The van der Waals surface area contributed by atoms with Crippen LogP contribution in [0.2, 0.25) is 0 Å². The van der Waals surface area contributed by atoms with Crippen LogP contribution in [0, 0.1) is 5.92 Å². The fourth-order valence-corrected chi connectivity index (χ4v) is 2.76. The van der Waals surface area contributed by atoms with Crippen LogP contribution in [0.25, 0.3) is 11.4 Å². The zero-order valence-electron chi connectivity index (χ0n) is 12.1. The number of aromatic nitrogens is 4. The lowest BCUT2D eigenvalue weighted by atomic mass is 10.0. The zero-order chi connectivity index (χ0) is 13.9. The molecule has 5 nitrogen and oxygen atoms in total. The van der Waals surface area contributed by atoms with Gasteiger partial charge in [0.25, 0.3) is 0 Å². The van der Waals surface area contributed by atoms with Gasteiger partial charge in [0.15, 0.2) is 0 Å². The third kappa shape index (κ3) is 2.72. The Labute approximate surface area is 119 Å². The molecule has 3 heterocycles. The molecular formula is C15H21N5. The van der Waals surface area contributed by atoms with E-state index in [-0.39, 0.29) is 0 Å². The van der Waals surface area contributed by atoms with Crippen molar-refractivity contribution in [2.75, 3.05) is 13.1 Å². The van der Waals surface area contributed by atoms with Gasteiger partial charge < -0.3 is 5.32 Å². The van der Waals surface area contributed by atoms with Gasteiger partial charge in [-0.1, -0.05) is 0 Å². The van der Waals surface area contributed by atoms with Crippen LogP contribution >= 0.6 is 0 Å². The highest BCUT2D eigenvalue weighted by Crippen LogP contribution is 2.21. The molecular weight excluding hydrogens is 250 g/mol. The lowest BCUT2D eigenvalue weighted by Gasteiger charge is -2.12. The first kappa shape index (κ1) is 13.2. The second-order valence-electron chi connectivity index (χ2n) is 5.71. The molecule has 0 bridgehead atoms. The summed E-state index contributed by atoms with van der Waals surface area (Å²) in [6.45, 7) is 6.48. The molecule has 1 atom stereocenters. The predicted octanol–water partition coefficient (Wildman–Crippen LogP) is 2.07. The Bertz CT molecular complexity index is 569. The Morgan fingerprint density at radius 3 is 3.05 bits per heavy atom. The molecule has 1 N–H and O–H groups in total. The van der Waals surface area contributed by atoms with Crippen LogP contribution in [0.4, 0.5) is 0 Å². The zero-order valence-corrected chi connectivity index (χ0v) is 12.1. The van der Waals surface area contributed by atoms with E-state index in [9.17, 15) is 0 Å². The molecule has 0 aromatic carbocycles. The van der Waals surface area contributed by atoms with Crippen molar-refractivity contribution >= 4 is 0 Å². The number of rotatable bonds is 4. The molecule has 0 spiro atoms. The van der Waals surface area contributed by atoms with Crippen molar-refractivity contribution in [2.24, 2.45) is 5.92 Å². The van der Waals surface area contributed by atoms with Crippen molar-refractivity contribution in [1.82, 2.24) is 25.1 Å². The van der Waals surface area contributed by atoms with Crippen molar-refractivity contribution in [2.45, 2.75) is 32.7 Å². The highest BCUT2D eigenvalue weighted by molar-refractivity contribution is 5.54. The van der Waals surface area contributed by atoms with E-state index in [1.165, 1.54) is 6.42 Å². The highest BCUT2D eigenvalue weighted by Gasteiger charge is 2.16. The maximum absolute atomic E-state index is 4.42. The Kier molecular flexibility index (Phi) is 3.78. The highest BCUT2D eigenvalue weighted by atomic mass is 15.3. The van der Waals surface area contributed by atoms with E-state index in [1.807, 2.05) is 16.9 Å². The van der Waals surface area contributed by atoms with Crippen LogP contribution in [-0.2, 0) is 6.42 Å². The normalized spacial score (nSPS) is 18.9. The lowest BCUT2D eigenvalue weighted by molar-refractivity contribution is 0.537. The number of nitrogens with one attached hydrogen (secondary N) is 1. The fraction of sp³-hybridized carbons (Fsp3) is 0.533.